The summed E-state index contributed by atoms with van der Waals surface area (Å²) in [6, 6.07) is 4.04. The van der Waals surface area contributed by atoms with E-state index in [9.17, 15) is 0 Å². The van der Waals surface area contributed by atoms with Crippen molar-refractivity contribution in [3.8, 4) is 0 Å². The molecule has 0 saturated heterocycles. The molecule has 2 rings (SSSR count). The Morgan fingerprint density at radius 1 is 1.31 bits per heavy atom. The topological polar surface area (TPSA) is 58.5 Å². The van der Waals surface area contributed by atoms with Gasteiger partial charge in [0.2, 0.25) is 0 Å². The highest BCUT2D eigenvalue weighted by Gasteiger charge is 2.25. The first-order valence-corrected chi connectivity index (χ1v) is 9.78. The molecule has 1 saturated carbocycles. The van der Waals surface area contributed by atoms with Gasteiger partial charge in [0, 0.05) is 25.9 Å². The van der Waals surface area contributed by atoms with Gasteiger partial charge < -0.3 is 15.4 Å². The molecule has 5 nitrogen and oxygen atoms in total. The van der Waals surface area contributed by atoms with Crippen molar-refractivity contribution in [2.45, 2.75) is 65.5 Å². The molecular weight excluding hydrogens is 439 g/mol. The summed E-state index contributed by atoms with van der Waals surface area (Å²) in [6.07, 6.45) is 8.58. The summed E-state index contributed by atoms with van der Waals surface area (Å²) >= 11 is 0. The number of rotatable bonds is 9. The number of aryl methyl sites for hydroxylation is 1. The Bertz CT molecular complexity index is 532. The van der Waals surface area contributed by atoms with Crippen molar-refractivity contribution in [3.05, 3.63) is 29.6 Å². The molecule has 1 aromatic heterocycles. The van der Waals surface area contributed by atoms with Gasteiger partial charge in [-0.25, -0.2) is 4.99 Å². The van der Waals surface area contributed by atoms with Gasteiger partial charge in [-0.1, -0.05) is 18.9 Å². The molecule has 1 heterocycles. The Balaban J connectivity index is 0.00000338. The Hall–Kier alpha value is -0.890. The zero-order valence-corrected chi connectivity index (χ0v) is 18.8. The third kappa shape index (κ3) is 7.78. The second-order valence-electron chi connectivity index (χ2n) is 6.72. The summed E-state index contributed by atoms with van der Waals surface area (Å²) in [5.41, 5.74) is 2.21. The lowest BCUT2D eigenvalue weighted by molar-refractivity contribution is 0.0169. The van der Waals surface area contributed by atoms with Crippen LogP contribution in [-0.2, 0) is 11.3 Å². The van der Waals surface area contributed by atoms with Crippen molar-refractivity contribution >= 4 is 29.9 Å². The summed E-state index contributed by atoms with van der Waals surface area (Å²) in [4.78, 5) is 9.09. The van der Waals surface area contributed by atoms with Gasteiger partial charge in [0.1, 0.15) is 0 Å². The minimum atomic E-state index is 0. The molecule has 1 aliphatic rings. The van der Waals surface area contributed by atoms with E-state index in [1.165, 1.54) is 31.2 Å². The number of aromatic nitrogens is 1. The van der Waals surface area contributed by atoms with Gasteiger partial charge in [-0.05, 0) is 57.6 Å². The van der Waals surface area contributed by atoms with E-state index in [2.05, 4.69) is 47.4 Å². The van der Waals surface area contributed by atoms with Crippen LogP contribution in [0.15, 0.2) is 23.3 Å². The van der Waals surface area contributed by atoms with Crippen molar-refractivity contribution < 1.29 is 4.74 Å². The predicted octanol–water partition coefficient (Wildman–Crippen LogP) is 4.05. The number of hydrogen-bond acceptors (Lipinski definition) is 3. The third-order valence-corrected chi connectivity index (χ3v) is 4.88. The molecule has 1 atom stereocenters. The Morgan fingerprint density at radius 3 is 2.73 bits per heavy atom. The highest BCUT2D eigenvalue weighted by Crippen LogP contribution is 2.30. The first-order chi connectivity index (χ1) is 12.2. The lowest BCUT2D eigenvalue weighted by atomic mass is 9.98. The minimum absolute atomic E-state index is 0. The van der Waals surface area contributed by atoms with Crippen LogP contribution in [0.5, 0.6) is 0 Å². The van der Waals surface area contributed by atoms with E-state index in [0.717, 1.165) is 43.7 Å². The number of pyridine rings is 1. The van der Waals surface area contributed by atoms with Crippen molar-refractivity contribution in [3.63, 3.8) is 0 Å². The van der Waals surface area contributed by atoms with E-state index in [1.54, 1.807) is 0 Å². The van der Waals surface area contributed by atoms with E-state index < -0.39 is 0 Å². The molecule has 0 spiro atoms. The number of hydrogen-bond donors (Lipinski definition) is 2. The van der Waals surface area contributed by atoms with Crippen LogP contribution < -0.4 is 10.6 Å². The smallest absolute Gasteiger partial charge is 0.191 e. The van der Waals surface area contributed by atoms with Crippen molar-refractivity contribution in [2.75, 3.05) is 19.7 Å². The van der Waals surface area contributed by atoms with E-state index in [1.807, 2.05) is 12.3 Å². The van der Waals surface area contributed by atoms with Gasteiger partial charge in [0.15, 0.2) is 5.96 Å². The van der Waals surface area contributed by atoms with Crippen LogP contribution in [0.3, 0.4) is 0 Å². The van der Waals surface area contributed by atoms with Crippen LogP contribution in [0.2, 0.25) is 0 Å². The Labute approximate surface area is 175 Å². The van der Waals surface area contributed by atoms with Gasteiger partial charge in [-0.3, -0.25) is 4.98 Å². The fraction of sp³-hybridized carbons (Fsp3) is 0.700. The summed E-state index contributed by atoms with van der Waals surface area (Å²) < 4.78 is 6.00. The molecule has 1 aliphatic carbocycles. The van der Waals surface area contributed by atoms with Crippen LogP contribution in [-0.4, -0.2) is 36.7 Å². The number of nitrogens with zero attached hydrogens (tertiary/aromatic N) is 2. The van der Waals surface area contributed by atoms with Crippen LogP contribution in [0.25, 0.3) is 0 Å². The number of guanidine groups is 1. The van der Waals surface area contributed by atoms with Gasteiger partial charge in [0.05, 0.1) is 18.3 Å². The van der Waals surface area contributed by atoms with Gasteiger partial charge in [0.25, 0.3) is 0 Å². The molecule has 2 N–H and O–H groups in total. The number of aliphatic imine (C=N–C) groups is 1. The molecule has 0 aliphatic heterocycles. The second-order valence-corrected chi connectivity index (χ2v) is 6.72. The van der Waals surface area contributed by atoms with Gasteiger partial charge in [-0.15, -0.1) is 24.0 Å². The molecule has 26 heavy (non-hydrogen) atoms. The quantitative estimate of drug-likeness (QED) is 0.322. The molecule has 6 heteroatoms. The summed E-state index contributed by atoms with van der Waals surface area (Å²) in [5.74, 6) is 1.59. The van der Waals surface area contributed by atoms with Crippen LogP contribution in [0.1, 0.15) is 57.2 Å². The number of halogens is 1. The lowest BCUT2D eigenvalue weighted by Crippen LogP contribution is -2.39. The highest BCUT2D eigenvalue weighted by molar-refractivity contribution is 14.0. The Morgan fingerprint density at radius 2 is 2.08 bits per heavy atom. The van der Waals surface area contributed by atoms with Gasteiger partial charge in [-0.2, -0.15) is 0 Å². The van der Waals surface area contributed by atoms with Crippen molar-refractivity contribution in [2.24, 2.45) is 10.9 Å². The molecule has 0 bridgehead atoms. The molecule has 0 amide bonds. The minimum Gasteiger partial charge on any atom is -0.378 e. The average Bonchev–Trinajstić information content (AvgIpc) is 3.14. The van der Waals surface area contributed by atoms with Gasteiger partial charge >= 0.3 is 0 Å². The van der Waals surface area contributed by atoms with Crippen molar-refractivity contribution in [1.82, 2.24) is 15.6 Å². The van der Waals surface area contributed by atoms with E-state index in [4.69, 9.17) is 4.74 Å². The highest BCUT2D eigenvalue weighted by atomic mass is 127. The van der Waals surface area contributed by atoms with Crippen LogP contribution >= 0.6 is 24.0 Å². The molecular formula is C20H35IN4O. The standard InChI is InChI=1S/C20H34N4O.HI/c1-4-21-20(24-15-18-16(3)9-8-13-22-18)23-14-12-19(25-5-2)17-10-6-7-11-17;/h8-9,13,17,19H,4-7,10-12,14-15H2,1-3H3,(H2,21,23,24);1H. The summed E-state index contributed by atoms with van der Waals surface area (Å²) in [5, 5.41) is 6.77. The number of ether oxygens (including phenoxy) is 1. The first kappa shape index (κ1) is 23.1. The normalized spacial score (nSPS) is 16.2. The summed E-state index contributed by atoms with van der Waals surface area (Å²) in [6.45, 7) is 9.39. The van der Waals surface area contributed by atoms with Crippen LogP contribution in [0, 0.1) is 12.8 Å². The maximum Gasteiger partial charge on any atom is 0.191 e. The molecule has 0 radical (unpaired) electrons. The zero-order chi connectivity index (χ0) is 17.9. The second kappa shape index (κ2) is 13.3. The predicted molar refractivity (Wildman–Crippen MR) is 119 cm³/mol. The third-order valence-electron chi connectivity index (χ3n) is 4.88. The monoisotopic (exact) mass is 474 g/mol. The lowest BCUT2D eigenvalue weighted by Gasteiger charge is -2.24. The average molecular weight is 474 g/mol. The Kier molecular flexibility index (Phi) is 11.8. The number of nitrogens with one attached hydrogen (secondary N) is 2. The first-order valence-electron chi connectivity index (χ1n) is 9.78. The van der Waals surface area contributed by atoms with E-state index in [-0.39, 0.29) is 24.0 Å². The zero-order valence-electron chi connectivity index (χ0n) is 16.5. The van der Waals surface area contributed by atoms with E-state index >= 15 is 0 Å². The SMILES string of the molecule is CCNC(=NCc1ncccc1C)NCCC(OCC)C1CCCC1.I. The molecule has 0 aromatic carbocycles. The molecule has 1 fully saturated rings. The molecule has 148 valence electrons. The summed E-state index contributed by atoms with van der Waals surface area (Å²) in [7, 11) is 0. The fourth-order valence-corrected chi connectivity index (χ4v) is 3.51. The molecule has 1 aromatic rings. The van der Waals surface area contributed by atoms with Crippen LogP contribution in [0.4, 0.5) is 0 Å². The molecule has 1 unspecified atom stereocenters. The van der Waals surface area contributed by atoms with Crippen molar-refractivity contribution in [1.29, 1.82) is 0 Å². The largest absolute Gasteiger partial charge is 0.378 e. The maximum absolute atomic E-state index is 6.00. The van der Waals surface area contributed by atoms with E-state index in [0.29, 0.717) is 12.6 Å². The fourth-order valence-electron chi connectivity index (χ4n) is 3.51. The maximum atomic E-state index is 6.00.